The van der Waals surface area contributed by atoms with E-state index in [0.29, 0.717) is 17.7 Å². The molecule has 218 valence electrons. The third-order valence-electron chi connectivity index (χ3n) is 6.10. The number of hydrogen-bond acceptors (Lipinski definition) is 6. The van der Waals surface area contributed by atoms with Crippen LogP contribution >= 0.6 is 0 Å². The van der Waals surface area contributed by atoms with Crippen LogP contribution in [-0.4, -0.2) is 52.0 Å². The van der Waals surface area contributed by atoms with E-state index in [1.54, 1.807) is 45.0 Å². The minimum Gasteiger partial charge on any atom is -0.508 e. The van der Waals surface area contributed by atoms with Gasteiger partial charge in [0.25, 0.3) is 5.91 Å². The number of rotatable bonds is 13. The van der Waals surface area contributed by atoms with Crippen molar-refractivity contribution in [2.24, 2.45) is 5.73 Å². The van der Waals surface area contributed by atoms with Gasteiger partial charge in [0, 0.05) is 18.7 Å². The Morgan fingerprint density at radius 3 is 2.35 bits per heavy atom. The first kappa shape index (κ1) is 32.1. The smallest absolute Gasteiger partial charge is 0.408 e. The van der Waals surface area contributed by atoms with Crippen molar-refractivity contribution in [1.82, 2.24) is 10.2 Å². The van der Waals surface area contributed by atoms with Gasteiger partial charge in [-0.15, -0.1) is 0 Å². The Hall–Kier alpha value is -4.08. The molecule has 0 bridgehead atoms. The fraction of sp³-hybridized carbons (Fsp3) is 0.467. The van der Waals surface area contributed by atoms with E-state index in [2.05, 4.69) is 10.6 Å². The van der Waals surface area contributed by atoms with E-state index in [1.165, 1.54) is 17.0 Å². The summed E-state index contributed by atoms with van der Waals surface area (Å²) in [5.41, 5.74) is 6.35. The summed E-state index contributed by atoms with van der Waals surface area (Å²) >= 11 is 0. The number of primary amides is 1. The molecule has 40 heavy (non-hydrogen) atoms. The number of carbonyl (C=O) groups excluding carboxylic acids is 4. The average molecular weight is 555 g/mol. The predicted molar refractivity (Wildman–Crippen MR) is 153 cm³/mol. The molecule has 2 aromatic carbocycles. The van der Waals surface area contributed by atoms with Crippen molar-refractivity contribution in [2.45, 2.75) is 84.4 Å². The van der Waals surface area contributed by atoms with Crippen LogP contribution in [0.4, 0.5) is 10.5 Å². The first-order valence-corrected chi connectivity index (χ1v) is 13.6. The van der Waals surface area contributed by atoms with Crippen molar-refractivity contribution >= 4 is 29.5 Å². The maximum atomic E-state index is 14.1. The number of para-hydroxylation sites is 1. The number of alkyl carbamates (subject to hydrolysis) is 1. The van der Waals surface area contributed by atoms with Crippen LogP contribution in [0.15, 0.2) is 48.5 Å². The van der Waals surface area contributed by atoms with Crippen molar-refractivity contribution in [1.29, 1.82) is 0 Å². The van der Waals surface area contributed by atoms with E-state index in [-0.39, 0.29) is 25.1 Å². The number of unbranched alkanes of at least 4 members (excludes halogenated alkanes) is 2. The monoisotopic (exact) mass is 554 g/mol. The molecule has 0 spiro atoms. The van der Waals surface area contributed by atoms with Crippen LogP contribution in [0, 0.1) is 6.92 Å². The second-order valence-electron chi connectivity index (χ2n) is 10.7. The number of hydrogen-bond donors (Lipinski definition) is 4. The Morgan fingerprint density at radius 2 is 1.75 bits per heavy atom. The summed E-state index contributed by atoms with van der Waals surface area (Å²) in [4.78, 5) is 53.7. The Kier molecular flexibility index (Phi) is 12.0. The number of phenols is 1. The number of benzene rings is 2. The van der Waals surface area contributed by atoms with E-state index >= 15 is 0 Å². The van der Waals surface area contributed by atoms with Crippen molar-refractivity contribution in [2.75, 3.05) is 11.9 Å². The molecular weight excluding hydrogens is 512 g/mol. The molecule has 10 heteroatoms. The molecule has 0 saturated heterocycles. The lowest BCUT2D eigenvalue weighted by atomic mass is 10.00. The Labute approximate surface area is 236 Å². The van der Waals surface area contributed by atoms with Crippen LogP contribution in [0.5, 0.6) is 5.75 Å². The summed E-state index contributed by atoms with van der Waals surface area (Å²) in [5.74, 6) is -1.76. The van der Waals surface area contributed by atoms with Gasteiger partial charge in [0.2, 0.25) is 11.8 Å². The maximum absolute atomic E-state index is 14.1. The van der Waals surface area contributed by atoms with Gasteiger partial charge in [-0.25, -0.2) is 4.79 Å². The van der Waals surface area contributed by atoms with Gasteiger partial charge in [0.05, 0.1) is 0 Å². The molecule has 0 aliphatic carbocycles. The predicted octanol–water partition coefficient (Wildman–Crippen LogP) is 4.56. The zero-order valence-electron chi connectivity index (χ0n) is 24.0. The quantitative estimate of drug-likeness (QED) is 0.267. The minimum absolute atomic E-state index is 0.0655. The topological polar surface area (TPSA) is 151 Å². The van der Waals surface area contributed by atoms with Gasteiger partial charge in [-0.1, -0.05) is 50.1 Å². The lowest BCUT2D eigenvalue weighted by Crippen LogP contribution is -2.52. The Bertz CT molecular complexity index is 1180. The lowest BCUT2D eigenvalue weighted by Gasteiger charge is -2.34. The zero-order valence-corrected chi connectivity index (χ0v) is 24.0. The standard InChI is InChI=1S/C30H42N4O6/c1-6-7-10-18-34(28(38)24(16-17-25(31)36)33-29(39)40-30(3,4)5)26(21-13-11-14-22(35)19-21)27(37)32-23-15-9-8-12-20(23)2/h8-9,11-15,19,24,26,35H,6-7,10,16-18H2,1-5H3,(H2,31,36)(H,32,37)(H,33,39). The lowest BCUT2D eigenvalue weighted by molar-refractivity contribution is -0.141. The van der Waals surface area contributed by atoms with Gasteiger partial charge in [-0.3, -0.25) is 14.4 Å². The fourth-order valence-electron chi connectivity index (χ4n) is 4.17. The number of nitrogens with zero attached hydrogens (tertiary/aromatic N) is 1. The molecule has 0 saturated carbocycles. The third kappa shape index (κ3) is 10.2. The fourth-order valence-corrected chi connectivity index (χ4v) is 4.17. The van der Waals surface area contributed by atoms with E-state index in [9.17, 15) is 24.3 Å². The number of phenolic OH excluding ortho intramolecular Hbond substituents is 1. The summed E-state index contributed by atoms with van der Waals surface area (Å²) < 4.78 is 5.35. The first-order valence-electron chi connectivity index (χ1n) is 13.6. The molecule has 0 heterocycles. The number of anilines is 1. The minimum atomic E-state index is -1.19. The molecule has 0 aliphatic heterocycles. The average Bonchev–Trinajstić information content (AvgIpc) is 2.86. The van der Waals surface area contributed by atoms with Crippen molar-refractivity contribution < 1.29 is 29.0 Å². The molecule has 0 aliphatic rings. The number of aromatic hydroxyl groups is 1. The normalized spacial score (nSPS) is 12.6. The molecule has 0 fully saturated rings. The highest BCUT2D eigenvalue weighted by Gasteiger charge is 2.36. The Balaban J connectivity index is 2.55. The van der Waals surface area contributed by atoms with Gasteiger partial charge >= 0.3 is 6.09 Å². The number of aryl methyl sites for hydroxylation is 1. The summed E-state index contributed by atoms with van der Waals surface area (Å²) in [6.45, 7) is 9.14. The van der Waals surface area contributed by atoms with E-state index in [0.717, 1.165) is 18.4 Å². The third-order valence-corrected chi connectivity index (χ3v) is 6.10. The van der Waals surface area contributed by atoms with Gasteiger partial charge in [0.15, 0.2) is 0 Å². The second-order valence-corrected chi connectivity index (χ2v) is 10.7. The second kappa shape index (κ2) is 14.9. The summed E-state index contributed by atoms with van der Waals surface area (Å²) in [5, 5.41) is 15.7. The van der Waals surface area contributed by atoms with Crippen LogP contribution in [0.2, 0.25) is 0 Å². The number of carbonyl (C=O) groups is 4. The van der Waals surface area contributed by atoms with E-state index in [4.69, 9.17) is 10.5 Å². The maximum Gasteiger partial charge on any atom is 0.408 e. The number of nitrogens with two attached hydrogens (primary N) is 1. The van der Waals surface area contributed by atoms with Gasteiger partial charge in [0.1, 0.15) is 23.4 Å². The SMILES string of the molecule is CCCCCN(C(=O)C(CCC(N)=O)NC(=O)OC(C)(C)C)C(C(=O)Nc1ccccc1C)c1cccc(O)c1. The first-order chi connectivity index (χ1) is 18.8. The molecule has 2 atom stereocenters. The van der Waals surface area contributed by atoms with Crippen LogP contribution in [-0.2, 0) is 19.1 Å². The largest absolute Gasteiger partial charge is 0.508 e. The molecule has 5 N–H and O–H groups in total. The van der Waals surface area contributed by atoms with E-state index in [1.807, 2.05) is 26.0 Å². The highest BCUT2D eigenvalue weighted by molar-refractivity contribution is 5.99. The summed E-state index contributed by atoms with van der Waals surface area (Å²) in [6, 6.07) is 11.1. The molecule has 2 rings (SSSR count). The van der Waals surface area contributed by atoms with Crippen LogP contribution in [0.25, 0.3) is 0 Å². The van der Waals surface area contributed by atoms with Gasteiger partial charge < -0.3 is 31.1 Å². The van der Waals surface area contributed by atoms with Gasteiger partial charge in [-0.2, -0.15) is 0 Å². The van der Waals surface area contributed by atoms with Gasteiger partial charge in [-0.05, 0) is 69.9 Å². The number of nitrogens with one attached hydrogen (secondary N) is 2. The summed E-state index contributed by atoms with van der Waals surface area (Å²) in [7, 11) is 0. The van der Waals surface area contributed by atoms with Crippen molar-refractivity contribution in [3.8, 4) is 5.75 Å². The van der Waals surface area contributed by atoms with Crippen molar-refractivity contribution in [3.63, 3.8) is 0 Å². The van der Waals surface area contributed by atoms with Crippen LogP contribution in [0.1, 0.15) is 77.0 Å². The molecule has 2 unspecified atom stereocenters. The van der Waals surface area contributed by atoms with Crippen LogP contribution in [0.3, 0.4) is 0 Å². The molecule has 10 nitrogen and oxygen atoms in total. The Morgan fingerprint density at radius 1 is 1.05 bits per heavy atom. The number of ether oxygens (including phenoxy) is 1. The molecule has 0 aromatic heterocycles. The van der Waals surface area contributed by atoms with Crippen molar-refractivity contribution in [3.05, 3.63) is 59.7 Å². The molecule has 2 aromatic rings. The highest BCUT2D eigenvalue weighted by atomic mass is 16.6. The molecule has 4 amide bonds. The van der Waals surface area contributed by atoms with E-state index < -0.39 is 41.5 Å². The zero-order chi connectivity index (χ0) is 29.9. The molecule has 0 radical (unpaired) electrons. The number of amides is 4. The summed E-state index contributed by atoms with van der Waals surface area (Å²) in [6.07, 6.45) is 1.17. The van der Waals surface area contributed by atoms with Crippen LogP contribution < -0.4 is 16.4 Å². The molecular formula is C30H42N4O6. The highest BCUT2D eigenvalue weighted by Crippen LogP contribution is 2.28.